The van der Waals surface area contributed by atoms with E-state index >= 15 is 0 Å². The second-order valence-corrected chi connectivity index (χ2v) is 5.24. The van der Waals surface area contributed by atoms with Crippen LogP contribution in [0.2, 0.25) is 0 Å². The van der Waals surface area contributed by atoms with Gasteiger partial charge in [0.1, 0.15) is 0 Å². The number of imide groups is 1. The lowest BCUT2D eigenvalue weighted by Gasteiger charge is -2.14. The molecule has 0 spiro atoms. The minimum absolute atomic E-state index is 0.204. The van der Waals surface area contributed by atoms with Gasteiger partial charge < -0.3 is 0 Å². The van der Waals surface area contributed by atoms with E-state index in [4.69, 9.17) is 0 Å². The second kappa shape index (κ2) is 4.60. The van der Waals surface area contributed by atoms with Crippen molar-refractivity contribution in [1.29, 1.82) is 0 Å². The number of hydrogen-bond donors (Lipinski definition) is 0. The number of benzene rings is 2. The van der Waals surface area contributed by atoms with E-state index in [0.29, 0.717) is 17.7 Å². The van der Waals surface area contributed by atoms with Crippen LogP contribution in [0.5, 0.6) is 0 Å². The fraction of sp³-hybridized carbons (Fsp3) is 0.176. The van der Waals surface area contributed by atoms with Gasteiger partial charge in [0.15, 0.2) is 0 Å². The maximum absolute atomic E-state index is 12.3. The zero-order valence-corrected chi connectivity index (χ0v) is 11.5. The van der Waals surface area contributed by atoms with Crippen LogP contribution >= 0.6 is 0 Å². The van der Waals surface area contributed by atoms with Gasteiger partial charge in [-0.05, 0) is 31.5 Å². The van der Waals surface area contributed by atoms with E-state index in [9.17, 15) is 9.59 Å². The summed E-state index contributed by atoms with van der Waals surface area (Å²) in [6.45, 7) is 4.35. The SMILES string of the molecule is Cc1cc(C)cc(CN2C(=O)c3ccccc3C2=O)c1. The maximum atomic E-state index is 12.3. The summed E-state index contributed by atoms with van der Waals surface area (Å²) in [5, 5.41) is 0. The molecule has 0 saturated carbocycles. The Hall–Kier alpha value is -2.42. The first-order valence-electron chi connectivity index (χ1n) is 6.58. The van der Waals surface area contributed by atoms with E-state index in [1.807, 2.05) is 26.0 Å². The molecular weight excluding hydrogens is 250 g/mol. The summed E-state index contributed by atoms with van der Waals surface area (Å²) in [5.74, 6) is -0.408. The van der Waals surface area contributed by atoms with Crippen LogP contribution in [0.25, 0.3) is 0 Å². The van der Waals surface area contributed by atoms with E-state index in [-0.39, 0.29) is 11.8 Å². The number of carbonyl (C=O) groups is 2. The molecule has 0 N–H and O–H groups in total. The van der Waals surface area contributed by atoms with Crippen molar-refractivity contribution in [2.75, 3.05) is 0 Å². The Bertz CT molecular complexity index is 663. The summed E-state index contributed by atoms with van der Waals surface area (Å²) in [4.78, 5) is 25.9. The smallest absolute Gasteiger partial charge is 0.261 e. The van der Waals surface area contributed by atoms with Gasteiger partial charge in [-0.25, -0.2) is 0 Å². The molecule has 1 heterocycles. The third-order valence-corrected chi connectivity index (χ3v) is 3.50. The van der Waals surface area contributed by atoms with Crippen LogP contribution in [0.4, 0.5) is 0 Å². The molecule has 3 heteroatoms. The average molecular weight is 265 g/mol. The molecule has 3 nitrogen and oxygen atoms in total. The fourth-order valence-corrected chi connectivity index (χ4v) is 2.73. The van der Waals surface area contributed by atoms with Gasteiger partial charge in [-0.1, -0.05) is 41.5 Å². The van der Waals surface area contributed by atoms with Crippen molar-refractivity contribution in [3.8, 4) is 0 Å². The number of fused-ring (bicyclic) bond motifs is 1. The number of nitrogens with zero attached hydrogens (tertiary/aromatic N) is 1. The Morgan fingerprint density at radius 3 is 1.85 bits per heavy atom. The standard InChI is InChI=1S/C17H15NO2/c1-11-7-12(2)9-13(8-11)10-18-16(19)14-5-3-4-6-15(14)17(18)20/h3-9H,10H2,1-2H3. The lowest BCUT2D eigenvalue weighted by molar-refractivity contribution is 0.0642. The highest BCUT2D eigenvalue weighted by Crippen LogP contribution is 2.24. The largest absolute Gasteiger partial charge is 0.270 e. The molecule has 0 aliphatic carbocycles. The zero-order chi connectivity index (χ0) is 14.3. The predicted octanol–water partition coefficient (Wildman–Crippen LogP) is 3.10. The second-order valence-electron chi connectivity index (χ2n) is 5.24. The van der Waals surface area contributed by atoms with E-state index in [1.165, 1.54) is 4.90 Å². The van der Waals surface area contributed by atoms with Crippen molar-refractivity contribution in [2.24, 2.45) is 0 Å². The van der Waals surface area contributed by atoms with Crippen LogP contribution in [0.1, 0.15) is 37.4 Å². The average Bonchev–Trinajstić information content (AvgIpc) is 2.64. The third kappa shape index (κ3) is 2.01. The normalized spacial score (nSPS) is 13.8. The summed E-state index contributed by atoms with van der Waals surface area (Å²) < 4.78 is 0. The quantitative estimate of drug-likeness (QED) is 0.782. The predicted molar refractivity (Wildman–Crippen MR) is 76.6 cm³/mol. The first kappa shape index (κ1) is 12.6. The van der Waals surface area contributed by atoms with E-state index in [0.717, 1.165) is 16.7 Å². The molecule has 0 atom stereocenters. The van der Waals surface area contributed by atoms with Crippen molar-refractivity contribution in [1.82, 2.24) is 4.90 Å². The summed E-state index contributed by atoms with van der Waals surface area (Å²) >= 11 is 0. The van der Waals surface area contributed by atoms with Crippen LogP contribution < -0.4 is 0 Å². The van der Waals surface area contributed by atoms with Crippen LogP contribution in [0.15, 0.2) is 42.5 Å². The molecule has 1 aliphatic rings. The van der Waals surface area contributed by atoms with Crippen molar-refractivity contribution < 1.29 is 9.59 Å². The first-order valence-corrected chi connectivity index (χ1v) is 6.58. The van der Waals surface area contributed by atoms with Gasteiger partial charge >= 0.3 is 0 Å². The zero-order valence-electron chi connectivity index (χ0n) is 11.5. The topological polar surface area (TPSA) is 37.4 Å². The molecule has 0 saturated heterocycles. The third-order valence-electron chi connectivity index (χ3n) is 3.50. The molecule has 0 aromatic heterocycles. The van der Waals surface area contributed by atoms with Crippen LogP contribution in [-0.4, -0.2) is 16.7 Å². The van der Waals surface area contributed by atoms with Crippen LogP contribution in [0.3, 0.4) is 0 Å². The number of amides is 2. The summed E-state index contributed by atoms with van der Waals surface area (Å²) in [6, 6.07) is 13.1. The number of hydrogen-bond acceptors (Lipinski definition) is 2. The highest BCUT2D eigenvalue weighted by atomic mass is 16.2. The van der Waals surface area contributed by atoms with E-state index in [1.54, 1.807) is 24.3 Å². The monoisotopic (exact) mass is 265 g/mol. The molecule has 2 aromatic rings. The van der Waals surface area contributed by atoms with E-state index < -0.39 is 0 Å². The molecular formula is C17H15NO2. The molecule has 1 aliphatic heterocycles. The van der Waals surface area contributed by atoms with Gasteiger partial charge in [0.25, 0.3) is 11.8 Å². The molecule has 0 unspecified atom stereocenters. The van der Waals surface area contributed by atoms with Gasteiger partial charge in [-0.3, -0.25) is 14.5 Å². The Morgan fingerprint density at radius 1 is 0.850 bits per heavy atom. The molecule has 0 radical (unpaired) electrons. The number of rotatable bonds is 2. The van der Waals surface area contributed by atoms with Gasteiger partial charge in [-0.15, -0.1) is 0 Å². The number of aryl methyl sites for hydroxylation is 2. The van der Waals surface area contributed by atoms with Crippen molar-refractivity contribution in [2.45, 2.75) is 20.4 Å². The van der Waals surface area contributed by atoms with Crippen molar-refractivity contribution in [3.05, 3.63) is 70.3 Å². The first-order chi connectivity index (χ1) is 9.56. The molecule has 2 amide bonds. The van der Waals surface area contributed by atoms with Gasteiger partial charge in [0.05, 0.1) is 17.7 Å². The number of carbonyl (C=O) groups excluding carboxylic acids is 2. The molecule has 0 fully saturated rings. The lowest BCUT2D eigenvalue weighted by Crippen LogP contribution is -2.29. The lowest BCUT2D eigenvalue weighted by atomic mass is 10.1. The highest BCUT2D eigenvalue weighted by Gasteiger charge is 2.34. The van der Waals surface area contributed by atoms with Gasteiger partial charge in [-0.2, -0.15) is 0 Å². The minimum atomic E-state index is -0.204. The Morgan fingerprint density at radius 2 is 1.35 bits per heavy atom. The minimum Gasteiger partial charge on any atom is -0.270 e. The summed E-state index contributed by atoms with van der Waals surface area (Å²) in [6.07, 6.45) is 0. The maximum Gasteiger partial charge on any atom is 0.261 e. The molecule has 3 rings (SSSR count). The van der Waals surface area contributed by atoms with E-state index in [2.05, 4.69) is 6.07 Å². The Labute approximate surface area is 117 Å². The van der Waals surface area contributed by atoms with Crippen LogP contribution in [0, 0.1) is 13.8 Å². The Balaban J connectivity index is 1.93. The van der Waals surface area contributed by atoms with Crippen LogP contribution in [-0.2, 0) is 6.54 Å². The molecule has 2 aromatic carbocycles. The molecule has 20 heavy (non-hydrogen) atoms. The van der Waals surface area contributed by atoms with Gasteiger partial charge in [0, 0.05) is 0 Å². The van der Waals surface area contributed by atoms with Gasteiger partial charge in [0.2, 0.25) is 0 Å². The summed E-state index contributed by atoms with van der Waals surface area (Å²) in [7, 11) is 0. The molecule has 0 bridgehead atoms. The fourth-order valence-electron chi connectivity index (χ4n) is 2.73. The summed E-state index contributed by atoms with van der Waals surface area (Å²) in [5.41, 5.74) is 4.26. The molecule has 100 valence electrons. The van der Waals surface area contributed by atoms with Crippen molar-refractivity contribution >= 4 is 11.8 Å². The van der Waals surface area contributed by atoms with Crippen molar-refractivity contribution in [3.63, 3.8) is 0 Å². The Kier molecular flexibility index (Phi) is 2.90. The highest BCUT2D eigenvalue weighted by molar-refractivity contribution is 6.21.